The summed E-state index contributed by atoms with van der Waals surface area (Å²) in [6.45, 7) is 24.6. The summed E-state index contributed by atoms with van der Waals surface area (Å²) in [6.07, 6.45) is 16.2. The molecular formula is C79H98ClN21O8S3. The molecule has 0 bridgehead atoms. The van der Waals surface area contributed by atoms with Crippen molar-refractivity contribution < 1.29 is 34.7 Å². The minimum absolute atomic E-state index is 0.121. The Labute approximate surface area is 660 Å². The first-order valence-corrected chi connectivity index (χ1v) is 42.6. The molecule has 11 aromatic rings. The summed E-state index contributed by atoms with van der Waals surface area (Å²) in [5.74, 6) is 2.09. The van der Waals surface area contributed by atoms with Gasteiger partial charge in [-0.1, -0.05) is 29.8 Å². The number of aliphatic imine (C=N–C) groups is 1. The zero-order valence-electron chi connectivity index (χ0n) is 66.6. The molecule has 112 heavy (non-hydrogen) atoms. The van der Waals surface area contributed by atoms with Crippen LogP contribution < -0.4 is 34.6 Å². The number of halogens is 1. The van der Waals surface area contributed by atoms with Gasteiger partial charge in [0.05, 0.1) is 133 Å². The van der Waals surface area contributed by atoms with Crippen LogP contribution in [0, 0.1) is 76.2 Å². The first-order chi connectivity index (χ1) is 52.9. The number of sulfonamides is 3. The molecule has 3 aliphatic rings. The fourth-order valence-corrected chi connectivity index (χ4v) is 14.7. The van der Waals surface area contributed by atoms with E-state index in [-0.39, 0.29) is 12.5 Å². The van der Waals surface area contributed by atoms with E-state index in [1.807, 2.05) is 154 Å². The molecule has 14 rings (SSSR count). The molecule has 3 aromatic carbocycles. The van der Waals surface area contributed by atoms with Crippen LogP contribution in [-0.2, 0) is 58.8 Å². The summed E-state index contributed by atoms with van der Waals surface area (Å²) in [5.41, 5.74) is 28.2. The van der Waals surface area contributed by atoms with Crippen molar-refractivity contribution in [3.8, 4) is 0 Å². The number of fused-ring (bicyclic) bond motifs is 3. The lowest BCUT2D eigenvalue weighted by atomic mass is 10.1. The van der Waals surface area contributed by atoms with Crippen LogP contribution in [-0.4, -0.2) is 148 Å². The molecule has 2 fully saturated rings. The van der Waals surface area contributed by atoms with Gasteiger partial charge < -0.3 is 31.2 Å². The number of benzene rings is 3. The zero-order chi connectivity index (χ0) is 81.0. The van der Waals surface area contributed by atoms with Crippen LogP contribution in [0.3, 0.4) is 0 Å². The molecule has 592 valence electrons. The van der Waals surface area contributed by atoms with Crippen molar-refractivity contribution in [2.75, 3.05) is 87.7 Å². The highest BCUT2D eigenvalue weighted by Gasteiger charge is 2.29. The van der Waals surface area contributed by atoms with Crippen molar-refractivity contribution in [3.63, 3.8) is 0 Å². The highest BCUT2D eigenvalue weighted by molar-refractivity contribution is 7.92. The smallest absolute Gasteiger partial charge is 0.232 e. The van der Waals surface area contributed by atoms with E-state index in [1.54, 1.807) is 38.8 Å². The molecule has 0 radical (unpaired) electrons. The summed E-state index contributed by atoms with van der Waals surface area (Å²) < 4.78 is 93.7. The third kappa shape index (κ3) is 19.7. The number of hydrogen-bond acceptors (Lipinski definition) is 24. The van der Waals surface area contributed by atoms with Gasteiger partial charge in [-0.3, -0.25) is 56.9 Å². The fraction of sp³-hybridized carbons (Fsp3) is 0.392. The highest BCUT2D eigenvalue weighted by Crippen LogP contribution is 2.42. The highest BCUT2D eigenvalue weighted by atomic mass is 35.5. The Kier molecular flexibility index (Phi) is 25.3. The van der Waals surface area contributed by atoms with E-state index in [0.717, 1.165) is 158 Å². The Morgan fingerprint density at radius 2 is 0.848 bits per heavy atom. The lowest BCUT2D eigenvalue weighted by molar-refractivity contribution is -0.0310. The van der Waals surface area contributed by atoms with Gasteiger partial charge in [-0.2, -0.15) is 0 Å². The molecule has 29 nitrogen and oxygen atoms in total. The Bertz CT molecular complexity index is 5770. The molecule has 0 amide bonds. The van der Waals surface area contributed by atoms with E-state index in [9.17, 15) is 25.3 Å². The van der Waals surface area contributed by atoms with E-state index in [1.165, 1.54) is 38.7 Å². The van der Waals surface area contributed by atoms with Gasteiger partial charge >= 0.3 is 0 Å². The molecule has 11 heterocycles. The molecule has 2 unspecified atom stereocenters. The largest absolute Gasteiger partial charge is 0.382 e. The second-order valence-electron chi connectivity index (χ2n) is 28.7. The fourth-order valence-electron chi connectivity index (χ4n) is 13.0. The number of rotatable bonds is 18. The standard InChI is InChI=1S/C28H35N7O3S.C24H28N6O2S.C21H26ClN5O3S.C6H9N3/c1-17-10-11-23(25(13-17)34(5)39(6,36)37)33-24-15-21(14-22-16-29-18(2)19(3)30-22)32-28-27(24)31-20(4)35(28)26-9-7-8-12-38-26;1-14-7-8-20(23(9-14)30(5)33(6,31)32)29-22-12-18(28-21-10-15(2)26-24(21)22)11-19-13-25-16(3)17(4)27-19;1-13-8-9-15(17(11-13)26(3)31(4,28)29)24-16-12-18(22)25-21-20(16)23-14(2)27(21)19-7-5-6-10-30-19;1-4-5(2)9-6(7)3-8-4/h10-11,13,15-16,26H,7-9,12,14H2,1-6H3,(H,32,33);7-9,12-13H,10-11H2,1-6H3,(H,28,29);8-9,11-12,19H,5-7,10H2,1-4H3,(H,24,25);3H,1-2H3,(H2,7,9). The third-order valence-electron chi connectivity index (χ3n) is 19.6. The van der Waals surface area contributed by atoms with Gasteiger partial charge in [0.15, 0.2) is 11.3 Å². The predicted molar refractivity (Wildman–Crippen MR) is 446 cm³/mol. The number of aryl methyl sites for hydroxylation is 11. The average Bonchev–Trinajstić information content (AvgIpc) is 1.61. The summed E-state index contributed by atoms with van der Waals surface area (Å²) in [6, 6.07) is 22.6. The van der Waals surface area contributed by atoms with Crippen molar-refractivity contribution in [1.29, 1.82) is 0 Å². The van der Waals surface area contributed by atoms with Gasteiger partial charge in [-0.05, 0) is 187 Å². The summed E-state index contributed by atoms with van der Waals surface area (Å²) >= 11 is 6.37. The second kappa shape index (κ2) is 34.3. The summed E-state index contributed by atoms with van der Waals surface area (Å²) in [5, 5.41) is 10.6. The quantitative estimate of drug-likeness (QED) is 0.0580. The van der Waals surface area contributed by atoms with Crippen molar-refractivity contribution in [2.45, 2.75) is 153 Å². The van der Waals surface area contributed by atoms with Gasteiger partial charge in [-0.15, -0.1) is 0 Å². The van der Waals surface area contributed by atoms with E-state index in [4.69, 9.17) is 56.7 Å². The number of nitrogens with zero attached hydrogens (tertiary/aromatic N) is 17. The Morgan fingerprint density at radius 1 is 0.455 bits per heavy atom. The maximum Gasteiger partial charge on any atom is 0.232 e. The topological polar surface area (TPSA) is 357 Å². The first kappa shape index (κ1) is 82.6. The molecule has 0 saturated carbocycles. The Morgan fingerprint density at radius 3 is 1.25 bits per heavy atom. The Hall–Kier alpha value is -10.4. The minimum atomic E-state index is -3.47. The third-order valence-corrected chi connectivity index (χ3v) is 23.4. The van der Waals surface area contributed by atoms with Gasteiger partial charge in [0.25, 0.3) is 0 Å². The van der Waals surface area contributed by atoms with E-state index in [0.29, 0.717) is 99.9 Å². The lowest BCUT2D eigenvalue weighted by Crippen LogP contribution is -2.25. The molecule has 5 N–H and O–H groups in total. The Balaban J connectivity index is 0.000000158. The number of nitrogens with one attached hydrogen (secondary N) is 3. The zero-order valence-corrected chi connectivity index (χ0v) is 69.8. The number of hydrogen-bond donors (Lipinski definition) is 4. The van der Waals surface area contributed by atoms with Gasteiger partial charge in [0, 0.05) is 83.5 Å². The van der Waals surface area contributed by atoms with Crippen LogP contribution in [0.25, 0.3) is 22.3 Å². The molecular weight excluding hydrogens is 1500 g/mol. The van der Waals surface area contributed by atoms with Crippen molar-refractivity contribution in [3.05, 3.63) is 188 Å². The lowest BCUT2D eigenvalue weighted by Gasteiger charge is -2.25. The summed E-state index contributed by atoms with van der Waals surface area (Å²) in [4.78, 5) is 55.0. The van der Waals surface area contributed by atoms with Crippen LogP contribution in [0.15, 0.2) is 96.4 Å². The minimum Gasteiger partial charge on any atom is -0.382 e. The SMILES string of the molecule is CC1=Nc2c(Nc3ccc(C)cc3N(C)S(C)(=O)=O)cc(Cc3cnc(C)c(C)n3)nc2C1.Cc1ccc(Nc2cc(Cc3cnc(C)c(C)n3)nc3c2nc(C)n3C2CCCCO2)c(N(C)S(C)(=O)=O)c1.Cc1ccc(Nc2cc(Cl)nc3c2nc(C)n3C2CCCCO2)c(N(C)S(C)(=O)=O)c1.Cc1ncc(N)nc1C. The molecule has 2 saturated heterocycles. The number of anilines is 10. The van der Waals surface area contributed by atoms with Crippen LogP contribution >= 0.6 is 11.6 Å². The predicted octanol–water partition coefficient (Wildman–Crippen LogP) is 14.3. The number of nitrogen functional groups attached to an aromatic ring is 1. The molecule has 0 aliphatic carbocycles. The second-order valence-corrected chi connectivity index (χ2v) is 35.1. The van der Waals surface area contributed by atoms with Crippen LogP contribution in [0.1, 0.15) is 149 Å². The maximum absolute atomic E-state index is 12.4. The average molecular weight is 1600 g/mol. The van der Waals surface area contributed by atoms with Crippen molar-refractivity contribution in [2.24, 2.45) is 4.99 Å². The number of aromatic nitrogens is 13. The normalized spacial score (nSPS) is 14.9. The van der Waals surface area contributed by atoms with E-state index < -0.39 is 30.1 Å². The number of imidazole rings is 2. The van der Waals surface area contributed by atoms with Crippen molar-refractivity contribution in [1.82, 2.24) is 64.0 Å². The van der Waals surface area contributed by atoms with Gasteiger partial charge in [0.1, 0.15) is 51.8 Å². The molecule has 3 aliphatic heterocycles. The van der Waals surface area contributed by atoms with Gasteiger partial charge in [-0.25, -0.2) is 50.2 Å². The summed E-state index contributed by atoms with van der Waals surface area (Å²) in [7, 11) is -5.70. The number of pyridine rings is 3. The van der Waals surface area contributed by atoms with Crippen molar-refractivity contribution >= 4 is 132 Å². The van der Waals surface area contributed by atoms with E-state index in [2.05, 4.69) is 50.4 Å². The maximum atomic E-state index is 12.4. The van der Waals surface area contributed by atoms with Crippen LogP contribution in [0.5, 0.6) is 0 Å². The molecule has 8 aromatic heterocycles. The molecule has 33 heteroatoms. The van der Waals surface area contributed by atoms with Gasteiger partial charge in [0.2, 0.25) is 30.1 Å². The van der Waals surface area contributed by atoms with Crippen LogP contribution in [0.2, 0.25) is 5.15 Å². The monoisotopic (exact) mass is 1600 g/mol. The van der Waals surface area contributed by atoms with E-state index >= 15 is 0 Å². The molecule has 2 atom stereocenters. The first-order valence-electron chi connectivity index (χ1n) is 36.7. The number of nitrogens with two attached hydrogens (primary N) is 1. The molecule has 0 spiro atoms. The van der Waals surface area contributed by atoms with Crippen LogP contribution in [0.4, 0.5) is 62.7 Å². The number of ether oxygens (including phenoxy) is 2.